The lowest BCUT2D eigenvalue weighted by molar-refractivity contribution is -0.151. The zero-order valence-electron chi connectivity index (χ0n) is 11.9. The van der Waals surface area contributed by atoms with Crippen LogP contribution in [0.25, 0.3) is 0 Å². The SMILES string of the molecule is O=C(CC1(C(=O)O)CCCC1)NNC(=O)c1ccc(F)cc1. The Morgan fingerprint density at radius 3 is 2.23 bits per heavy atom. The summed E-state index contributed by atoms with van der Waals surface area (Å²) in [6.07, 6.45) is 2.30. The molecule has 0 aliphatic heterocycles. The van der Waals surface area contributed by atoms with Gasteiger partial charge in [0, 0.05) is 12.0 Å². The first kappa shape index (κ1) is 15.9. The van der Waals surface area contributed by atoms with Gasteiger partial charge in [-0.05, 0) is 37.1 Å². The van der Waals surface area contributed by atoms with Gasteiger partial charge in [-0.15, -0.1) is 0 Å². The average molecular weight is 308 g/mol. The maximum Gasteiger partial charge on any atom is 0.310 e. The van der Waals surface area contributed by atoms with E-state index in [0.717, 1.165) is 25.0 Å². The van der Waals surface area contributed by atoms with E-state index >= 15 is 0 Å². The van der Waals surface area contributed by atoms with Crippen LogP contribution in [0.4, 0.5) is 4.39 Å². The van der Waals surface area contributed by atoms with Gasteiger partial charge in [-0.1, -0.05) is 12.8 Å². The number of carbonyl (C=O) groups is 3. The second-order valence-electron chi connectivity index (χ2n) is 5.48. The fraction of sp³-hybridized carbons (Fsp3) is 0.400. The molecule has 0 heterocycles. The highest BCUT2D eigenvalue weighted by atomic mass is 19.1. The van der Waals surface area contributed by atoms with Crippen molar-refractivity contribution in [1.82, 2.24) is 10.9 Å². The van der Waals surface area contributed by atoms with Crippen molar-refractivity contribution in [1.29, 1.82) is 0 Å². The van der Waals surface area contributed by atoms with E-state index in [1.807, 2.05) is 0 Å². The molecule has 0 saturated heterocycles. The molecular formula is C15H17FN2O4. The van der Waals surface area contributed by atoms with Crippen LogP contribution in [0.1, 0.15) is 42.5 Å². The smallest absolute Gasteiger partial charge is 0.310 e. The van der Waals surface area contributed by atoms with Crippen LogP contribution in [-0.2, 0) is 9.59 Å². The van der Waals surface area contributed by atoms with Gasteiger partial charge in [0.05, 0.1) is 5.41 Å². The maximum atomic E-state index is 12.8. The summed E-state index contributed by atoms with van der Waals surface area (Å²) in [5, 5.41) is 9.29. The second-order valence-corrected chi connectivity index (χ2v) is 5.48. The van der Waals surface area contributed by atoms with Crippen LogP contribution in [-0.4, -0.2) is 22.9 Å². The van der Waals surface area contributed by atoms with Gasteiger partial charge < -0.3 is 5.11 Å². The first-order chi connectivity index (χ1) is 10.4. The van der Waals surface area contributed by atoms with Crippen molar-refractivity contribution in [2.75, 3.05) is 0 Å². The minimum atomic E-state index is -1.04. The lowest BCUT2D eigenvalue weighted by atomic mass is 9.82. The molecule has 118 valence electrons. The molecule has 7 heteroatoms. The van der Waals surface area contributed by atoms with Crippen molar-refractivity contribution < 1.29 is 23.9 Å². The number of amides is 2. The van der Waals surface area contributed by atoms with E-state index < -0.39 is 29.0 Å². The Labute approximate surface area is 126 Å². The molecule has 0 spiro atoms. The molecule has 0 aromatic heterocycles. The highest BCUT2D eigenvalue weighted by Gasteiger charge is 2.43. The molecule has 0 bridgehead atoms. The van der Waals surface area contributed by atoms with Crippen LogP contribution in [0.5, 0.6) is 0 Å². The Morgan fingerprint density at radius 2 is 1.68 bits per heavy atom. The molecule has 2 amide bonds. The van der Waals surface area contributed by atoms with E-state index in [4.69, 9.17) is 0 Å². The second kappa shape index (κ2) is 6.55. The summed E-state index contributed by atoms with van der Waals surface area (Å²) in [5.74, 6) is -2.60. The van der Waals surface area contributed by atoms with Crippen LogP contribution >= 0.6 is 0 Å². The highest BCUT2D eigenvalue weighted by Crippen LogP contribution is 2.41. The van der Waals surface area contributed by atoms with E-state index in [2.05, 4.69) is 10.9 Å². The Bertz CT molecular complexity index is 580. The summed E-state index contributed by atoms with van der Waals surface area (Å²) in [5.41, 5.74) is 3.55. The molecule has 1 saturated carbocycles. The summed E-state index contributed by atoms with van der Waals surface area (Å²) in [6.45, 7) is 0. The monoisotopic (exact) mass is 308 g/mol. The molecule has 1 aliphatic rings. The number of nitrogens with one attached hydrogen (secondary N) is 2. The minimum Gasteiger partial charge on any atom is -0.481 e. The predicted molar refractivity (Wildman–Crippen MR) is 75.2 cm³/mol. The van der Waals surface area contributed by atoms with E-state index in [0.29, 0.717) is 12.8 Å². The summed E-state index contributed by atoms with van der Waals surface area (Å²) in [6, 6.07) is 4.84. The van der Waals surface area contributed by atoms with Crippen molar-refractivity contribution in [2.45, 2.75) is 32.1 Å². The molecule has 6 nitrogen and oxygen atoms in total. The van der Waals surface area contributed by atoms with Crippen molar-refractivity contribution in [3.63, 3.8) is 0 Å². The zero-order chi connectivity index (χ0) is 16.2. The molecular weight excluding hydrogens is 291 g/mol. The third-order valence-electron chi connectivity index (χ3n) is 3.94. The molecule has 1 aromatic rings. The summed E-state index contributed by atoms with van der Waals surface area (Å²) < 4.78 is 12.8. The van der Waals surface area contributed by atoms with Gasteiger partial charge >= 0.3 is 5.97 Å². The third kappa shape index (κ3) is 3.60. The Balaban J connectivity index is 1.88. The number of rotatable bonds is 4. The first-order valence-corrected chi connectivity index (χ1v) is 7.01. The van der Waals surface area contributed by atoms with Gasteiger partial charge in [0.25, 0.3) is 5.91 Å². The predicted octanol–water partition coefficient (Wildman–Crippen LogP) is 1.62. The normalized spacial score (nSPS) is 16.0. The highest BCUT2D eigenvalue weighted by molar-refractivity contribution is 5.95. The number of carboxylic acids is 1. The maximum absolute atomic E-state index is 12.8. The quantitative estimate of drug-likeness (QED) is 0.737. The van der Waals surface area contributed by atoms with Gasteiger partial charge in [-0.2, -0.15) is 0 Å². The molecule has 1 aromatic carbocycles. The topological polar surface area (TPSA) is 95.5 Å². The van der Waals surface area contributed by atoms with Gasteiger partial charge in [-0.3, -0.25) is 25.2 Å². The fourth-order valence-electron chi connectivity index (χ4n) is 2.67. The van der Waals surface area contributed by atoms with E-state index in [1.54, 1.807) is 0 Å². The standard InChI is InChI=1S/C15H17FN2O4/c16-11-5-3-10(4-6-11)13(20)18-17-12(19)9-15(14(21)22)7-1-2-8-15/h3-6H,1-2,7-9H2,(H,17,19)(H,18,20)(H,21,22). The van der Waals surface area contributed by atoms with E-state index in [-0.39, 0.29) is 12.0 Å². The van der Waals surface area contributed by atoms with Crippen molar-refractivity contribution >= 4 is 17.8 Å². The molecule has 0 atom stereocenters. The molecule has 0 unspecified atom stereocenters. The van der Waals surface area contributed by atoms with Gasteiger partial charge in [0.1, 0.15) is 5.82 Å². The third-order valence-corrected chi connectivity index (χ3v) is 3.94. The number of benzene rings is 1. The number of hydrogen-bond donors (Lipinski definition) is 3. The van der Waals surface area contributed by atoms with E-state index in [9.17, 15) is 23.9 Å². The Morgan fingerprint density at radius 1 is 1.09 bits per heavy atom. The number of halogens is 1. The number of hydrazine groups is 1. The molecule has 22 heavy (non-hydrogen) atoms. The number of aliphatic carboxylic acids is 1. The van der Waals surface area contributed by atoms with Crippen LogP contribution in [0, 0.1) is 11.2 Å². The largest absolute Gasteiger partial charge is 0.481 e. The Kier molecular flexibility index (Phi) is 4.75. The van der Waals surface area contributed by atoms with Crippen LogP contribution in [0.3, 0.4) is 0 Å². The average Bonchev–Trinajstić information content (AvgIpc) is 2.95. The molecule has 1 aliphatic carbocycles. The number of carboxylic acid groups (broad SMARTS) is 1. The number of hydrogen-bond acceptors (Lipinski definition) is 3. The van der Waals surface area contributed by atoms with Crippen molar-refractivity contribution in [3.8, 4) is 0 Å². The van der Waals surface area contributed by atoms with Crippen LogP contribution in [0.15, 0.2) is 24.3 Å². The van der Waals surface area contributed by atoms with Crippen LogP contribution in [0.2, 0.25) is 0 Å². The molecule has 3 N–H and O–H groups in total. The van der Waals surface area contributed by atoms with Gasteiger partial charge in [0.2, 0.25) is 5.91 Å². The number of carbonyl (C=O) groups excluding carboxylic acids is 2. The zero-order valence-corrected chi connectivity index (χ0v) is 11.9. The van der Waals surface area contributed by atoms with E-state index in [1.165, 1.54) is 12.1 Å². The molecule has 2 rings (SSSR count). The van der Waals surface area contributed by atoms with Gasteiger partial charge in [-0.25, -0.2) is 4.39 Å². The molecule has 0 radical (unpaired) electrons. The fourth-order valence-corrected chi connectivity index (χ4v) is 2.67. The molecule has 1 fully saturated rings. The summed E-state index contributed by atoms with van der Waals surface area (Å²) in [7, 11) is 0. The van der Waals surface area contributed by atoms with Crippen molar-refractivity contribution in [2.24, 2.45) is 5.41 Å². The lowest BCUT2D eigenvalue weighted by Gasteiger charge is -2.22. The Hall–Kier alpha value is -2.44. The van der Waals surface area contributed by atoms with Crippen LogP contribution < -0.4 is 10.9 Å². The van der Waals surface area contributed by atoms with Crippen molar-refractivity contribution in [3.05, 3.63) is 35.6 Å². The minimum absolute atomic E-state index is 0.175. The first-order valence-electron chi connectivity index (χ1n) is 7.01. The summed E-state index contributed by atoms with van der Waals surface area (Å²) >= 11 is 0. The lowest BCUT2D eigenvalue weighted by Crippen LogP contribution is -2.44. The van der Waals surface area contributed by atoms with Gasteiger partial charge in [0.15, 0.2) is 0 Å². The summed E-state index contributed by atoms with van der Waals surface area (Å²) in [4.78, 5) is 34.9.